The van der Waals surface area contributed by atoms with Crippen molar-refractivity contribution < 1.29 is 24.3 Å². The lowest BCUT2D eigenvalue weighted by atomic mass is 10.1. The zero-order valence-corrected chi connectivity index (χ0v) is 20.1. The maximum Gasteiger partial charge on any atom is 0.305 e. The summed E-state index contributed by atoms with van der Waals surface area (Å²) in [5, 5.41) is 11.7. The molecule has 1 saturated heterocycles. The van der Waals surface area contributed by atoms with Gasteiger partial charge in [0.1, 0.15) is 10.9 Å². The Morgan fingerprint density at radius 3 is 2.55 bits per heavy atom. The van der Waals surface area contributed by atoms with Gasteiger partial charge >= 0.3 is 5.97 Å². The van der Waals surface area contributed by atoms with E-state index in [9.17, 15) is 19.2 Å². The summed E-state index contributed by atoms with van der Waals surface area (Å²) in [5.74, 6) is -2.45. The third kappa shape index (κ3) is 4.70. The fourth-order valence-corrected chi connectivity index (χ4v) is 5.30. The summed E-state index contributed by atoms with van der Waals surface area (Å²) in [6, 6.07) is 14.0. The van der Waals surface area contributed by atoms with Gasteiger partial charge in [0.05, 0.1) is 22.6 Å². The maximum atomic E-state index is 13.4. The third-order valence-corrected chi connectivity index (χ3v) is 6.90. The molecule has 2 heterocycles. The second-order valence-electron chi connectivity index (χ2n) is 7.14. The van der Waals surface area contributed by atoms with Gasteiger partial charge in [0.25, 0.3) is 11.8 Å². The van der Waals surface area contributed by atoms with Crippen LogP contribution in [0.15, 0.2) is 57.9 Å². The maximum absolute atomic E-state index is 13.4. The minimum absolute atomic E-state index is 0.0780. The number of aliphatic carboxylic acids is 1. The lowest BCUT2D eigenvalue weighted by Crippen LogP contribution is -2.35. The Hall–Kier alpha value is -3.02. The smallest absolute Gasteiger partial charge is 0.305 e. The van der Waals surface area contributed by atoms with Crippen LogP contribution in [0.4, 0.5) is 11.4 Å². The summed E-state index contributed by atoms with van der Waals surface area (Å²) >= 11 is 9.56. The van der Waals surface area contributed by atoms with E-state index in [1.807, 2.05) is 6.07 Å². The molecule has 0 aliphatic carbocycles. The largest absolute Gasteiger partial charge is 0.481 e. The number of amides is 3. The van der Waals surface area contributed by atoms with E-state index in [0.717, 1.165) is 16.2 Å². The Morgan fingerprint density at radius 1 is 1.06 bits per heavy atom. The van der Waals surface area contributed by atoms with Crippen molar-refractivity contribution in [2.24, 2.45) is 0 Å². The second kappa shape index (κ2) is 9.46. The van der Waals surface area contributed by atoms with Crippen molar-refractivity contribution >= 4 is 84.9 Å². The summed E-state index contributed by atoms with van der Waals surface area (Å²) < 4.78 is 0.995. The molecule has 0 bridgehead atoms. The number of carbonyl (C=O) groups is 4. The molecule has 3 amide bonds. The number of benzene rings is 2. The normalized spacial score (nSPS) is 17.5. The van der Waals surface area contributed by atoms with Crippen molar-refractivity contribution in [3.05, 3.63) is 63.5 Å². The van der Waals surface area contributed by atoms with Crippen LogP contribution in [0.25, 0.3) is 5.57 Å². The minimum Gasteiger partial charge on any atom is -0.481 e. The molecule has 2 aliphatic rings. The molecule has 2 N–H and O–H groups in total. The lowest BCUT2D eigenvalue weighted by molar-refractivity contribution is -0.137. The Kier molecular flexibility index (Phi) is 6.63. The Morgan fingerprint density at radius 2 is 1.82 bits per heavy atom. The topological polar surface area (TPSA) is 107 Å². The number of thiocarbonyl (C=S) groups is 1. The Labute approximate surface area is 206 Å². The summed E-state index contributed by atoms with van der Waals surface area (Å²) in [7, 11) is 0. The van der Waals surface area contributed by atoms with Crippen molar-refractivity contribution in [2.75, 3.05) is 23.3 Å². The fraction of sp³-hybridized carbons (Fsp3) is 0.136. The fourth-order valence-electron chi connectivity index (χ4n) is 3.52. The van der Waals surface area contributed by atoms with Crippen molar-refractivity contribution in [2.45, 2.75) is 6.42 Å². The summed E-state index contributed by atoms with van der Waals surface area (Å²) in [6.45, 7) is -0.323. The molecule has 0 spiro atoms. The number of carboxylic acid groups (broad SMARTS) is 1. The van der Waals surface area contributed by atoms with Crippen LogP contribution in [0.2, 0.25) is 0 Å². The molecule has 2 aliphatic heterocycles. The molecule has 0 unspecified atom stereocenters. The zero-order chi connectivity index (χ0) is 23.7. The van der Waals surface area contributed by atoms with Gasteiger partial charge in [0.2, 0.25) is 5.91 Å². The first-order chi connectivity index (χ1) is 15.8. The van der Waals surface area contributed by atoms with Crippen LogP contribution < -0.4 is 10.2 Å². The number of hydrogen-bond acceptors (Lipinski definition) is 6. The predicted molar refractivity (Wildman–Crippen MR) is 133 cm³/mol. The van der Waals surface area contributed by atoms with Gasteiger partial charge in [0, 0.05) is 22.3 Å². The molecule has 11 heteroatoms. The number of thioether (sulfide) groups is 1. The van der Waals surface area contributed by atoms with Gasteiger partial charge in [-0.05, 0) is 24.3 Å². The molecular weight excluding hydrogens is 530 g/mol. The molecule has 2 aromatic rings. The molecule has 0 atom stereocenters. The summed E-state index contributed by atoms with van der Waals surface area (Å²) in [4.78, 5) is 52.6. The first kappa shape index (κ1) is 23.1. The minimum atomic E-state index is -1.05. The molecule has 168 valence electrons. The van der Waals surface area contributed by atoms with Crippen LogP contribution in [0.1, 0.15) is 12.0 Å². The van der Waals surface area contributed by atoms with E-state index in [1.54, 1.807) is 42.5 Å². The van der Waals surface area contributed by atoms with E-state index in [1.165, 1.54) is 9.80 Å². The highest BCUT2D eigenvalue weighted by Crippen LogP contribution is 2.44. The first-order valence-corrected chi connectivity index (χ1v) is 11.7. The van der Waals surface area contributed by atoms with Crippen LogP contribution in [0, 0.1) is 0 Å². The number of nitrogens with zero attached hydrogens (tertiary/aromatic N) is 2. The molecule has 8 nitrogen and oxygen atoms in total. The number of anilines is 2. The average molecular weight is 546 g/mol. The van der Waals surface area contributed by atoms with Crippen molar-refractivity contribution in [1.82, 2.24) is 4.90 Å². The van der Waals surface area contributed by atoms with Crippen molar-refractivity contribution in [3.63, 3.8) is 0 Å². The van der Waals surface area contributed by atoms with Gasteiger partial charge < -0.3 is 10.4 Å². The SMILES string of the molecule is O=C(O)CCN1C(=O)/C(=C2/C(=O)N(CC(=O)Nc3cccc(Br)c3)c3ccccc32)SC1=S. The summed E-state index contributed by atoms with van der Waals surface area (Å²) in [5.41, 5.74) is 1.78. The molecule has 0 aromatic heterocycles. The van der Waals surface area contributed by atoms with E-state index in [2.05, 4.69) is 21.2 Å². The van der Waals surface area contributed by atoms with Crippen LogP contribution in [0.5, 0.6) is 0 Å². The van der Waals surface area contributed by atoms with E-state index < -0.39 is 23.7 Å². The highest BCUT2D eigenvalue weighted by Gasteiger charge is 2.42. The van der Waals surface area contributed by atoms with E-state index in [-0.39, 0.29) is 34.3 Å². The highest BCUT2D eigenvalue weighted by molar-refractivity contribution is 9.10. The number of carbonyl (C=O) groups excluding carboxylic acids is 3. The van der Waals surface area contributed by atoms with E-state index in [0.29, 0.717) is 16.9 Å². The van der Waals surface area contributed by atoms with Crippen LogP contribution in [-0.4, -0.2) is 51.1 Å². The van der Waals surface area contributed by atoms with Crippen LogP contribution >= 0.6 is 39.9 Å². The van der Waals surface area contributed by atoms with Gasteiger partial charge in [-0.2, -0.15) is 0 Å². The number of carboxylic acids is 1. The van der Waals surface area contributed by atoms with Crippen molar-refractivity contribution in [1.29, 1.82) is 0 Å². The number of halogens is 1. The monoisotopic (exact) mass is 545 g/mol. The van der Waals surface area contributed by atoms with Gasteiger partial charge in [-0.25, -0.2) is 0 Å². The quantitative estimate of drug-likeness (QED) is 0.422. The number of para-hydroxylation sites is 1. The molecule has 2 aromatic carbocycles. The number of rotatable bonds is 6. The number of nitrogens with one attached hydrogen (secondary N) is 1. The zero-order valence-electron chi connectivity index (χ0n) is 16.9. The number of hydrogen-bond donors (Lipinski definition) is 2. The molecule has 1 fully saturated rings. The third-order valence-electron chi connectivity index (χ3n) is 4.96. The molecule has 0 saturated carbocycles. The number of fused-ring (bicyclic) bond motifs is 1. The Balaban J connectivity index is 1.62. The highest BCUT2D eigenvalue weighted by atomic mass is 79.9. The summed E-state index contributed by atoms with van der Waals surface area (Å²) in [6.07, 6.45) is -0.262. The average Bonchev–Trinajstić information content (AvgIpc) is 3.19. The standard InChI is InChI=1S/C22H16BrN3O5S2/c23-12-4-3-5-13(10-12)24-16(27)11-26-15-7-2-1-6-14(15)18(20(26)30)19-21(31)25(22(32)33-19)9-8-17(28)29/h1-7,10H,8-9,11H2,(H,24,27)(H,28,29)/b19-18-. The van der Waals surface area contributed by atoms with Crippen molar-refractivity contribution in [3.8, 4) is 0 Å². The van der Waals surface area contributed by atoms with Gasteiger partial charge in [-0.15, -0.1) is 0 Å². The van der Waals surface area contributed by atoms with Crippen LogP contribution in [0.3, 0.4) is 0 Å². The van der Waals surface area contributed by atoms with Gasteiger partial charge in [-0.1, -0.05) is 64.2 Å². The van der Waals surface area contributed by atoms with E-state index >= 15 is 0 Å². The predicted octanol–water partition coefficient (Wildman–Crippen LogP) is 3.48. The van der Waals surface area contributed by atoms with Gasteiger partial charge in [-0.3, -0.25) is 29.0 Å². The molecule has 33 heavy (non-hydrogen) atoms. The molecule has 4 rings (SSSR count). The Bertz CT molecular complexity index is 1250. The molecule has 0 radical (unpaired) electrons. The van der Waals surface area contributed by atoms with Crippen LogP contribution in [-0.2, 0) is 19.2 Å². The molecular formula is C22H16BrN3O5S2. The van der Waals surface area contributed by atoms with E-state index in [4.69, 9.17) is 17.3 Å². The second-order valence-corrected chi connectivity index (χ2v) is 9.70. The van der Waals surface area contributed by atoms with Gasteiger partial charge in [0.15, 0.2) is 0 Å². The first-order valence-electron chi connectivity index (χ1n) is 9.72. The lowest BCUT2D eigenvalue weighted by Gasteiger charge is -2.17.